The zero-order chi connectivity index (χ0) is 47.6. The Labute approximate surface area is 368 Å². The highest BCUT2D eigenvalue weighted by Gasteiger charge is 2.53. The predicted molar refractivity (Wildman–Crippen MR) is 215 cm³/mol. The highest BCUT2D eigenvalue weighted by Crippen LogP contribution is 2.43. The van der Waals surface area contributed by atoms with E-state index in [1.165, 1.54) is 25.3 Å². The van der Waals surface area contributed by atoms with Crippen molar-refractivity contribution in [3.63, 3.8) is 0 Å². The predicted octanol–water partition coefficient (Wildman–Crippen LogP) is 12.5. The van der Waals surface area contributed by atoms with Gasteiger partial charge < -0.3 is 42.1 Å². The molecule has 8 nitrogen and oxygen atoms in total. The fourth-order valence-electron chi connectivity index (χ4n) is 4.69. The first kappa shape index (κ1) is 53.6. The second-order valence-corrected chi connectivity index (χ2v) is 15.9. The highest BCUT2D eigenvalue weighted by molar-refractivity contribution is 9.10. The summed E-state index contributed by atoms with van der Waals surface area (Å²) in [7, 11) is 0.233. The van der Waals surface area contributed by atoms with E-state index in [2.05, 4.69) is 20.7 Å². The summed E-state index contributed by atoms with van der Waals surface area (Å²) >= 11 is 24.9. The monoisotopic (exact) mass is 1030 g/mol. The minimum atomic E-state index is -4.60. The molecule has 1 fully saturated rings. The normalized spacial score (nSPS) is 14.8. The Hall–Kier alpha value is -3.54. The number of hydrogen-bond donors (Lipinski definition) is 5. The number of phenols is 1. The van der Waals surface area contributed by atoms with Crippen LogP contribution in [0.3, 0.4) is 0 Å². The minimum Gasteiger partial charge on any atom is -0.506 e. The summed E-state index contributed by atoms with van der Waals surface area (Å²) in [5, 5.41) is 8.58. The maximum Gasteiger partial charge on any atom is 0.497 e. The molecule has 0 atom stereocenters. The van der Waals surface area contributed by atoms with Gasteiger partial charge in [0.15, 0.2) is 0 Å². The molecule has 0 amide bonds. The molecule has 1 aliphatic heterocycles. The number of ether oxygens (including phenoxy) is 1. The molecule has 1 aliphatic rings. The van der Waals surface area contributed by atoms with E-state index in [0.29, 0.717) is 6.07 Å². The molecule has 4 aromatic carbocycles. The average molecular weight is 1030 g/mol. The maximum absolute atomic E-state index is 13.0. The molecule has 9 N–H and O–H groups in total. The van der Waals surface area contributed by atoms with Crippen LogP contribution in [0.25, 0.3) is 0 Å². The van der Waals surface area contributed by atoms with Gasteiger partial charge in [-0.1, -0.05) is 46.4 Å². The van der Waals surface area contributed by atoms with Crippen LogP contribution in [0.1, 0.15) is 49.9 Å². The lowest BCUT2D eigenvalue weighted by Crippen LogP contribution is -2.41. The fourth-order valence-corrected chi connectivity index (χ4v) is 6.15. The molecule has 338 valence electrons. The van der Waals surface area contributed by atoms with Gasteiger partial charge in [0.2, 0.25) is 0 Å². The molecule has 26 heteroatoms. The zero-order valence-electron chi connectivity index (χ0n) is 31.6. The van der Waals surface area contributed by atoms with Crippen molar-refractivity contribution in [3.8, 4) is 11.5 Å². The number of rotatable bonds is 2. The van der Waals surface area contributed by atoms with Crippen molar-refractivity contribution in [1.29, 1.82) is 0 Å². The van der Waals surface area contributed by atoms with Crippen molar-refractivity contribution in [2.75, 3.05) is 30.0 Å². The van der Waals surface area contributed by atoms with Crippen molar-refractivity contribution >= 4 is 97.7 Å². The van der Waals surface area contributed by atoms with E-state index in [4.69, 9.17) is 83.8 Å². The van der Waals surface area contributed by atoms with E-state index < -0.39 is 88.1 Å². The summed E-state index contributed by atoms with van der Waals surface area (Å²) < 4.78 is 165. The van der Waals surface area contributed by atoms with E-state index in [1.807, 2.05) is 0 Å². The van der Waals surface area contributed by atoms with Crippen molar-refractivity contribution < 1.29 is 71.8 Å². The molecule has 0 aromatic heterocycles. The lowest BCUT2D eigenvalue weighted by atomic mass is 9.77. The van der Waals surface area contributed by atoms with Crippen LogP contribution in [-0.2, 0) is 34.0 Å². The van der Waals surface area contributed by atoms with Gasteiger partial charge in [-0.25, -0.2) is 0 Å². The van der Waals surface area contributed by atoms with Crippen LogP contribution in [0.5, 0.6) is 11.5 Å². The molecule has 5 rings (SSSR count). The van der Waals surface area contributed by atoms with Crippen LogP contribution < -0.4 is 33.1 Å². The van der Waals surface area contributed by atoms with Crippen molar-refractivity contribution in [2.45, 2.75) is 63.6 Å². The maximum atomic E-state index is 13.0. The molecule has 0 saturated carbocycles. The Balaban J connectivity index is 0.000000287. The number of benzene rings is 4. The number of nitrogens with two attached hydrogens (primary N) is 4. The Morgan fingerprint density at radius 3 is 1.26 bits per heavy atom. The zero-order valence-corrected chi connectivity index (χ0v) is 36.2. The Morgan fingerprint density at radius 1 is 0.541 bits per heavy atom. The summed E-state index contributed by atoms with van der Waals surface area (Å²) in [6.45, 7) is 7.22. The number of anilines is 4. The summed E-state index contributed by atoms with van der Waals surface area (Å²) in [6, 6.07) is 7.85. The van der Waals surface area contributed by atoms with Crippen LogP contribution in [0.4, 0.5) is 75.4 Å². The second kappa shape index (κ2) is 19.5. The van der Waals surface area contributed by atoms with Gasteiger partial charge in [0.1, 0.15) is 11.5 Å². The molecular weight excluding hydrogens is 1000 g/mol. The summed E-state index contributed by atoms with van der Waals surface area (Å²) in [5.74, 6) is -0.746. The summed E-state index contributed by atoms with van der Waals surface area (Å²) in [4.78, 5) is 0. The van der Waals surface area contributed by atoms with Gasteiger partial charge in [0.25, 0.3) is 0 Å². The Kier molecular flexibility index (Phi) is 17.1. The van der Waals surface area contributed by atoms with Crippen molar-refractivity contribution in [2.24, 2.45) is 0 Å². The van der Waals surface area contributed by atoms with Gasteiger partial charge in [0, 0.05) is 47.8 Å². The van der Waals surface area contributed by atoms with Gasteiger partial charge in [-0.15, -0.1) is 0 Å². The van der Waals surface area contributed by atoms with Crippen LogP contribution in [-0.4, -0.2) is 30.5 Å². The lowest BCUT2D eigenvalue weighted by molar-refractivity contribution is -0.137. The molecule has 61 heavy (non-hydrogen) atoms. The third-order valence-electron chi connectivity index (χ3n) is 8.45. The fraction of sp³-hybridized carbons (Fsp3) is 0.314. The first-order valence-electron chi connectivity index (χ1n) is 16.2. The molecular formula is C35H32BBrCl4F12N4O4. The molecule has 0 unspecified atom stereocenters. The summed E-state index contributed by atoms with van der Waals surface area (Å²) in [5.41, 5.74) is 13.9. The molecule has 4 aromatic rings. The number of nitrogen functional groups attached to an aromatic ring is 4. The number of alkyl halides is 12. The van der Waals surface area contributed by atoms with Crippen LogP contribution in [0, 0.1) is 0 Å². The largest absolute Gasteiger partial charge is 0.506 e. The van der Waals surface area contributed by atoms with E-state index in [9.17, 15) is 52.7 Å². The van der Waals surface area contributed by atoms with E-state index in [0.717, 1.165) is 24.3 Å². The minimum absolute atomic E-state index is 0.00611. The quantitative estimate of drug-likeness (QED) is 0.0576. The number of halogens is 17. The van der Waals surface area contributed by atoms with Crippen LogP contribution in [0.2, 0.25) is 20.1 Å². The van der Waals surface area contributed by atoms with Crippen LogP contribution in [0.15, 0.2) is 53.0 Å². The summed E-state index contributed by atoms with van der Waals surface area (Å²) in [6.07, 6.45) is -18.2. The van der Waals surface area contributed by atoms with Gasteiger partial charge in [-0.05, 0) is 80.0 Å². The number of aromatic hydroxyl groups is 1. The first-order chi connectivity index (χ1) is 27.3. The van der Waals surface area contributed by atoms with Gasteiger partial charge in [0.05, 0.1) is 57.6 Å². The van der Waals surface area contributed by atoms with Crippen molar-refractivity contribution in [3.05, 3.63) is 95.3 Å². The lowest BCUT2D eigenvalue weighted by Gasteiger charge is -2.32. The smallest absolute Gasteiger partial charge is 0.497 e. The molecule has 0 spiro atoms. The topological polar surface area (TPSA) is 152 Å². The van der Waals surface area contributed by atoms with E-state index >= 15 is 0 Å². The van der Waals surface area contributed by atoms with E-state index in [1.54, 1.807) is 27.7 Å². The third-order valence-corrected chi connectivity index (χ3v) is 9.98. The van der Waals surface area contributed by atoms with E-state index in [-0.39, 0.29) is 41.5 Å². The molecule has 0 radical (unpaired) electrons. The molecule has 1 heterocycles. The van der Waals surface area contributed by atoms with Crippen LogP contribution >= 0.6 is 62.3 Å². The highest BCUT2D eigenvalue weighted by atomic mass is 79.9. The van der Waals surface area contributed by atoms with Gasteiger partial charge in [-0.3, -0.25) is 0 Å². The van der Waals surface area contributed by atoms with Gasteiger partial charge in [-0.2, -0.15) is 52.7 Å². The standard InChI is InChI=1S/C13H16BClF3NO2.C8H7ClF3NO.C7H4BrClF3N.C7H5ClF3NO/c1-11(2)12(3,4)21-14(20-11)9-6-7(15)5-8(10(9)19)13(16,17)18;1-14-6-3-4(9)2-5(7(6)13)8(10,11)12;8-5-2-3(9)1-4(6(5)13)7(10,11)12;8-3-1-4(7(9,10)11)6(12)5(13)2-3/h5-6H,19H2,1-4H3;2-3H,13H2,1H3;1-2H,13H2;1-2,13H,12H2. The Bertz CT molecular complexity index is 2130. The third kappa shape index (κ3) is 14.0. The molecule has 0 bridgehead atoms. The number of hydrogen-bond acceptors (Lipinski definition) is 8. The Morgan fingerprint density at radius 2 is 0.869 bits per heavy atom. The average Bonchev–Trinajstić information content (AvgIpc) is 3.30. The molecule has 1 saturated heterocycles. The van der Waals surface area contributed by atoms with Gasteiger partial charge >= 0.3 is 31.8 Å². The first-order valence-corrected chi connectivity index (χ1v) is 18.5. The molecule has 0 aliphatic carbocycles. The number of methoxy groups -OCH3 is 1. The van der Waals surface area contributed by atoms with Crippen molar-refractivity contribution in [1.82, 2.24) is 0 Å². The second-order valence-electron chi connectivity index (χ2n) is 13.3. The number of phenolic OH excluding ortho intramolecular Hbond substituents is 1. The SMILES string of the molecule is CC1(C)OB(c2cc(Cl)cc(C(F)(F)F)c2N)OC1(C)C.COc1cc(Cl)cc(C(F)(F)F)c1N.Nc1c(Br)cc(Cl)cc1C(F)(F)F.Nc1c(O)cc(Cl)cc1C(F)(F)F.